The molecule has 5 aromatic rings. The van der Waals surface area contributed by atoms with E-state index in [4.69, 9.17) is 13.9 Å². The molecular weight excluding hydrogens is 354 g/mol. The van der Waals surface area contributed by atoms with Gasteiger partial charge in [0.25, 0.3) is 0 Å². The van der Waals surface area contributed by atoms with E-state index in [1.807, 2.05) is 72.8 Å². The van der Waals surface area contributed by atoms with Gasteiger partial charge in [0.15, 0.2) is 5.58 Å². The lowest BCUT2D eigenvalue weighted by Gasteiger charge is -2.06. The number of hydrogen-bond acceptors (Lipinski definition) is 5. The highest BCUT2D eigenvalue weighted by molar-refractivity contribution is 5.74. The minimum Gasteiger partial charge on any atom is -0.493 e. The zero-order valence-corrected chi connectivity index (χ0v) is 15.0. The van der Waals surface area contributed by atoms with Crippen molar-refractivity contribution in [2.24, 2.45) is 0 Å². The van der Waals surface area contributed by atoms with Gasteiger partial charge >= 0.3 is 6.08 Å². The fourth-order valence-corrected chi connectivity index (χ4v) is 2.99. The van der Waals surface area contributed by atoms with Crippen LogP contribution in [0.4, 0.5) is 0 Å². The second-order valence-corrected chi connectivity index (χ2v) is 6.32. The van der Waals surface area contributed by atoms with Crippen LogP contribution in [0.15, 0.2) is 77.2 Å². The van der Waals surface area contributed by atoms with Crippen molar-refractivity contribution in [3.8, 4) is 17.6 Å². The summed E-state index contributed by atoms with van der Waals surface area (Å²) in [6.07, 6.45) is 0.926. The monoisotopic (exact) mass is 371 g/mol. The predicted molar refractivity (Wildman–Crippen MR) is 106 cm³/mol. The minimum absolute atomic E-state index is 0.222. The Bertz CT molecular complexity index is 1160. The number of nitrogens with zero attached hydrogens (tertiary/aromatic N) is 2. The van der Waals surface area contributed by atoms with Gasteiger partial charge in [-0.05, 0) is 48.5 Å². The van der Waals surface area contributed by atoms with Gasteiger partial charge in [-0.25, -0.2) is 4.98 Å². The van der Waals surface area contributed by atoms with E-state index in [1.54, 1.807) is 0 Å². The Morgan fingerprint density at radius 1 is 0.786 bits per heavy atom. The van der Waals surface area contributed by atoms with Gasteiger partial charge < -0.3 is 18.9 Å². The van der Waals surface area contributed by atoms with Crippen molar-refractivity contribution in [1.82, 2.24) is 15.0 Å². The standard InChI is InChI=1S/C22H17N3O3/c1-2-6-18-17(5-1)23-21(24-18)13-14-26-15-9-11-16(12-10-15)27-22-25-19-7-3-4-8-20(19)28-22/h1-12H,13-14H2,(H,23,24). The second-order valence-electron chi connectivity index (χ2n) is 6.32. The van der Waals surface area contributed by atoms with Crippen molar-refractivity contribution in [3.63, 3.8) is 0 Å². The number of nitrogens with one attached hydrogen (secondary N) is 1. The number of oxazole rings is 1. The van der Waals surface area contributed by atoms with E-state index < -0.39 is 0 Å². The van der Waals surface area contributed by atoms with E-state index in [-0.39, 0.29) is 6.08 Å². The quantitative estimate of drug-likeness (QED) is 0.448. The number of aromatic nitrogens is 3. The molecule has 0 bridgehead atoms. The first-order valence-corrected chi connectivity index (χ1v) is 9.03. The molecule has 0 radical (unpaired) electrons. The first-order chi connectivity index (χ1) is 13.8. The molecule has 0 saturated carbocycles. The van der Waals surface area contributed by atoms with E-state index in [1.165, 1.54) is 0 Å². The maximum absolute atomic E-state index is 5.80. The predicted octanol–water partition coefficient (Wildman–Crippen LogP) is 5.12. The van der Waals surface area contributed by atoms with Crippen molar-refractivity contribution in [2.45, 2.75) is 6.42 Å². The Morgan fingerprint density at radius 2 is 1.54 bits per heavy atom. The summed E-state index contributed by atoms with van der Waals surface area (Å²) in [7, 11) is 0. The van der Waals surface area contributed by atoms with Gasteiger partial charge in [-0.2, -0.15) is 4.98 Å². The highest BCUT2D eigenvalue weighted by Gasteiger charge is 2.08. The van der Waals surface area contributed by atoms with Gasteiger partial charge in [-0.15, -0.1) is 0 Å². The smallest absolute Gasteiger partial charge is 0.400 e. The number of ether oxygens (including phenoxy) is 2. The summed E-state index contributed by atoms with van der Waals surface area (Å²) in [5.74, 6) is 2.31. The van der Waals surface area contributed by atoms with Crippen LogP contribution in [0.1, 0.15) is 5.82 Å². The fourth-order valence-electron chi connectivity index (χ4n) is 2.99. The van der Waals surface area contributed by atoms with Crippen LogP contribution in [0.25, 0.3) is 22.1 Å². The van der Waals surface area contributed by atoms with E-state index in [2.05, 4.69) is 15.0 Å². The summed E-state index contributed by atoms with van der Waals surface area (Å²) < 4.78 is 17.0. The summed E-state index contributed by atoms with van der Waals surface area (Å²) >= 11 is 0. The van der Waals surface area contributed by atoms with Crippen molar-refractivity contribution in [2.75, 3.05) is 6.61 Å². The lowest BCUT2D eigenvalue weighted by Crippen LogP contribution is -2.02. The molecule has 0 aliphatic rings. The molecule has 138 valence electrons. The third-order valence-electron chi connectivity index (χ3n) is 4.35. The Labute approximate surface area is 160 Å². The zero-order valence-electron chi connectivity index (χ0n) is 15.0. The van der Waals surface area contributed by atoms with Crippen LogP contribution in [-0.2, 0) is 6.42 Å². The summed E-state index contributed by atoms with van der Waals surface area (Å²) in [5.41, 5.74) is 3.47. The molecule has 6 nitrogen and oxygen atoms in total. The molecule has 1 N–H and O–H groups in total. The number of benzene rings is 3. The summed E-state index contributed by atoms with van der Waals surface area (Å²) in [4.78, 5) is 12.2. The normalized spacial score (nSPS) is 11.1. The Morgan fingerprint density at radius 3 is 2.36 bits per heavy atom. The molecule has 0 atom stereocenters. The van der Waals surface area contributed by atoms with Gasteiger partial charge in [-0.3, -0.25) is 0 Å². The molecule has 0 amide bonds. The van der Waals surface area contributed by atoms with Crippen LogP contribution in [0.3, 0.4) is 0 Å². The lowest BCUT2D eigenvalue weighted by atomic mass is 10.3. The molecule has 2 aromatic heterocycles. The molecular formula is C22H17N3O3. The molecule has 2 heterocycles. The topological polar surface area (TPSA) is 73.2 Å². The van der Waals surface area contributed by atoms with Gasteiger partial charge in [0.05, 0.1) is 17.6 Å². The average Bonchev–Trinajstić information content (AvgIpc) is 3.32. The van der Waals surface area contributed by atoms with E-state index in [0.717, 1.165) is 28.1 Å². The molecule has 0 saturated heterocycles. The van der Waals surface area contributed by atoms with Gasteiger partial charge in [0, 0.05) is 6.42 Å². The van der Waals surface area contributed by atoms with Gasteiger partial charge in [-0.1, -0.05) is 24.3 Å². The molecule has 5 rings (SSSR count). The molecule has 0 fully saturated rings. The highest BCUT2D eigenvalue weighted by atomic mass is 16.6. The average molecular weight is 371 g/mol. The van der Waals surface area contributed by atoms with E-state index >= 15 is 0 Å². The molecule has 0 aliphatic carbocycles. The largest absolute Gasteiger partial charge is 0.493 e. The Kier molecular flexibility index (Phi) is 4.14. The van der Waals surface area contributed by atoms with Crippen LogP contribution in [0.2, 0.25) is 0 Å². The van der Waals surface area contributed by atoms with Crippen LogP contribution >= 0.6 is 0 Å². The third kappa shape index (κ3) is 3.40. The van der Waals surface area contributed by atoms with Crippen LogP contribution < -0.4 is 9.47 Å². The highest BCUT2D eigenvalue weighted by Crippen LogP contribution is 2.26. The molecule has 6 heteroatoms. The maximum Gasteiger partial charge on any atom is 0.400 e. The summed E-state index contributed by atoms with van der Waals surface area (Å²) in [5, 5.41) is 0. The summed E-state index contributed by atoms with van der Waals surface area (Å²) in [6, 6.07) is 22.9. The van der Waals surface area contributed by atoms with Crippen molar-refractivity contribution in [1.29, 1.82) is 0 Å². The zero-order chi connectivity index (χ0) is 18.8. The van der Waals surface area contributed by atoms with E-state index in [9.17, 15) is 0 Å². The maximum atomic E-state index is 5.80. The minimum atomic E-state index is 0.222. The van der Waals surface area contributed by atoms with E-state index in [0.29, 0.717) is 24.4 Å². The van der Waals surface area contributed by atoms with Crippen LogP contribution in [-0.4, -0.2) is 21.6 Å². The number of H-pyrrole nitrogens is 1. The first kappa shape index (κ1) is 16.4. The fraction of sp³-hybridized carbons (Fsp3) is 0.0909. The van der Waals surface area contributed by atoms with Gasteiger partial charge in [0.1, 0.15) is 22.8 Å². The lowest BCUT2D eigenvalue weighted by molar-refractivity contribution is 0.317. The number of para-hydroxylation sites is 4. The second kappa shape index (κ2) is 7.08. The number of fused-ring (bicyclic) bond motifs is 2. The van der Waals surface area contributed by atoms with Gasteiger partial charge in [0.2, 0.25) is 0 Å². The Balaban J connectivity index is 1.19. The first-order valence-electron chi connectivity index (χ1n) is 9.03. The molecule has 0 unspecified atom stereocenters. The van der Waals surface area contributed by atoms with Crippen LogP contribution in [0, 0.1) is 0 Å². The molecule has 0 spiro atoms. The third-order valence-corrected chi connectivity index (χ3v) is 4.35. The molecule has 0 aliphatic heterocycles. The van der Waals surface area contributed by atoms with Crippen LogP contribution in [0.5, 0.6) is 17.6 Å². The summed E-state index contributed by atoms with van der Waals surface area (Å²) in [6.45, 7) is 0.533. The molecule has 28 heavy (non-hydrogen) atoms. The van der Waals surface area contributed by atoms with Crippen molar-refractivity contribution in [3.05, 3.63) is 78.6 Å². The SMILES string of the molecule is c1ccc2[nH]c(CCOc3ccc(Oc4nc5ccccc5o4)cc3)nc2c1. The molecule has 3 aromatic carbocycles. The number of hydrogen-bond donors (Lipinski definition) is 1. The van der Waals surface area contributed by atoms with Crippen molar-refractivity contribution >= 4 is 22.1 Å². The number of imidazole rings is 1. The number of aromatic amines is 1. The number of rotatable bonds is 6. The van der Waals surface area contributed by atoms with Crippen molar-refractivity contribution < 1.29 is 13.9 Å². The Hall–Kier alpha value is -3.80.